The van der Waals surface area contributed by atoms with Crippen LogP contribution in [0.15, 0.2) is 18.3 Å². The van der Waals surface area contributed by atoms with E-state index in [1.54, 1.807) is 0 Å². The third-order valence-corrected chi connectivity index (χ3v) is 2.66. The van der Waals surface area contributed by atoms with Crippen molar-refractivity contribution in [3.05, 3.63) is 29.6 Å². The van der Waals surface area contributed by atoms with E-state index in [0.29, 0.717) is 5.56 Å². The smallest absolute Gasteiger partial charge is 0.354 e. The molecule has 2 N–H and O–H groups in total. The number of nitrogens with zero attached hydrogens (tertiary/aromatic N) is 1. The third kappa shape index (κ3) is 2.18. The van der Waals surface area contributed by atoms with Crippen LogP contribution in [0.1, 0.15) is 40.6 Å². The second-order valence-electron chi connectivity index (χ2n) is 4.25. The Hall–Kier alpha value is -1.91. The number of aromatic carboxylic acids is 1. The first kappa shape index (κ1) is 10.6. The predicted octanol–water partition coefficient (Wildman–Crippen LogP) is 1.06. The zero-order chi connectivity index (χ0) is 11.8. The second-order valence-corrected chi connectivity index (χ2v) is 4.25. The van der Waals surface area contributed by atoms with Crippen LogP contribution in [-0.4, -0.2) is 27.5 Å². The van der Waals surface area contributed by atoms with Gasteiger partial charge in [0.1, 0.15) is 5.69 Å². The zero-order valence-electron chi connectivity index (χ0n) is 8.86. The lowest BCUT2D eigenvalue weighted by atomic mass is 10.2. The van der Waals surface area contributed by atoms with E-state index in [1.165, 1.54) is 18.3 Å². The first-order chi connectivity index (χ1) is 7.50. The molecule has 1 aromatic heterocycles. The molecule has 0 bridgehead atoms. The number of hydrogen-bond donors (Lipinski definition) is 2. The number of nitrogens with one attached hydrogen (secondary N) is 1. The maximum atomic E-state index is 11.7. The fraction of sp³-hybridized carbons (Fsp3) is 0.364. The average molecular weight is 220 g/mol. The largest absolute Gasteiger partial charge is 0.477 e. The quantitative estimate of drug-likeness (QED) is 0.798. The van der Waals surface area contributed by atoms with Crippen LogP contribution in [0.2, 0.25) is 0 Å². The summed E-state index contributed by atoms with van der Waals surface area (Å²) in [7, 11) is 0. The molecule has 0 radical (unpaired) electrons. The van der Waals surface area contributed by atoms with Gasteiger partial charge in [0.05, 0.1) is 0 Å². The van der Waals surface area contributed by atoms with Crippen molar-refractivity contribution in [2.24, 2.45) is 0 Å². The number of carboxylic acid groups (broad SMARTS) is 1. The number of hydrogen-bond acceptors (Lipinski definition) is 3. The lowest BCUT2D eigenvalue weighted by Crippen LogP contribution is -2.34. The number of pyridine rings is 1. The standard InChI is InChI=1S/C11H12N2O3/c1-11(3-4-11)13-9(14)7-2-5-12-8(6-7)10(15)16/h2,5-6H,3-4H2,1H3,(H,13,14)(H,15,16). The summed E-state index contributed by atoms with van der Waals surface area (Å²) in [6, 6.07) is 2.79. The third-order valence-electron chi connectivity index (χ3n) is 2.66. The highest BCUT2D eigenvalue weighted by atomic mass is 16.4. The van der Waals surface area contributed by atoms with Crippen LogP contribution in [0.4, 0.5) is 0 Å². The molecule has 5 heteroatoms. The summed E-state index contributed by atoms with van der Waals surface area (Å²) >= 11 is 0. The highest BCUT2D eigenvalue weighted by molar-refractivity contribution is 5.97. The SMILES string of the molecule is CC1(NC(=O)c2ccnc(C(=O)O)c2)CC1. The molecule has 0 unspecified atom stereocenters. The summed E-state index contributed by atoms with van der Waals surface area (Å²) in [5.41, 5.74) is 0.109. The number of aromatic nitrogens is 1. The van der Waals surface area contributed by atoms with Crippen molar-refractivity contribution in [3.8, 4) is 0 Å². The molecule has 2 rings (SSSR count). The van der Waals surface area contributed by atoms with Gasteiger partial charge in [-0.2, -0.15) is 0 Å². The van der Waals surface area contributed by atoms with Crippen molar-refractivity contribution < 1.29 is 14.7 Å². The highest BCUT2D eigenvalue weighted by Crippen LogP contribution is 2.34. The molecule has 1 saturated carbocycles. The van der Waals surface area contributed by atoms with Gasteiger partial charge in [0.2, 0.25) is 0 Å². The van der Waals surface area contributed by atoms with Crippen LogP contribution in [0.25, 0.3) is 0 Å². The molecule has 1 amide bonds. The van der Waals surface area contributed by atoms with Gasteiger partial charge >= 0.3 is 5.97 Å². The van der Waals surface area contributed by atoms with E-state index >= 15 is 0 Å². The van der Waals surface area contributed by atoms with Crippen LogP contribution >= 0.6 is 0 Å². The van der Waals surface area contributed by atoms with E-state index in [1.807, 2.05) is 6.92 Å². The molecular formula is C11H12N2O3. The number of amides is 1. The number of rotatable bonds is 3. The summed E-state index contributed by atoms with van der Waals surface area (Å²) in [4.78, 5) is 26.1. The van der Waals surface area contributed by atoms with Crippen molar-refractivity contribution in [1.29, 1.82) is 0 Å². The van der Waals surface area contributed by atoms with Crippen LogP contribution in [-0.2, 0) is 0 Å². The minimum atomic E-state index is -1.13. The normalized spacial score (nSPS) is 16.6. The maximum Gasteiger partial charge on any atom is 0.354 e. The van der Waals surface area contributed by atoms with Crippen molar-refractivity contribution in [3.63, 3.8) is 0 Å². The Labute approximate surface area is 92.5 Å². The Morgan fingerprint density at radius 3 is 2.75 bits per heavy atom. The molecule has 1 fully saturated rings. The van der Waals surface area contributed by atoms with Crippen LogP contribution < -0.4 is 5.32 Å². The molecule has 1 aliphatic carbocycles. The molecule has 0 saturated heterocycles. The summed E-state index contributed by atoms with van der Waals surface area (Å²) < 4.78 is 0. The van der Waals surface area contributed by atoms with Crippen LogP contribution in [0.3, 0.4) is 0 Å². The van der Waals surface area contributed by atoms with Crippen molar-refractivity contribution in [1.82, 2.24) is 10.3 Å². The van der Waals surface area contributed by atoms with E-state index in [4.69, 9.17) is 5.11 Å². The molecule has 16 heavy (non-hydrogen) atoms. The number of carboxylic acids is 1. The minimum Gasteiger partial charge on any atom is -0.477 e. The van der Waals surface area contributed by atoms with Gasteiger partial charge in [-0.25, -0.2) is 9.78 Å². The summed E-state index contributed by atoms with van der Waals surface area (Å²) in [6.45, 7) is 1.96. The molecule has 0 aliphatic heterocycles. The average Bonchev–Trinajstić information content (AvgIpc) is 2.96. The van der Waals surface area contributed by atoms with Gasteiger partial charge in [-0.1, -0.05) is 0 Å². The lowest BCUT2D eigenvalue weighted by Gasteiger charge is -2.11. The van der Waals surface area contributed by atoms with Crippen molar-refractivity contribution >= 4 is 11.9 Å². The van der Waals surface area contributed by atoms with E-state index in [2.05, 4.69) is 10.3 Å². The fourth-order valence-electron chi connectivity index (χ4n) is 1.35. The van der Waals surface area contributed by atoms with E-state index in [9.17, 15) is 9.59 Å². The Balaban J connectivity index is 2.16. The topological polar surface area (TPSA) is 79.3 Å². The van der Waals surface area contributed by atoms with E-state index in [-0.39, 0.29) is 17.1 Å². The summed E-state index contributed by atoms with van der Waals surface area (Å²) in [6.07, 6.45) is 3.26. The van der Waals surface area contributed by atoms with Gasteiger partial charge in [0, 0.05) is 17.3 Å². The van der Waals surface area contributed by atoms with Crippen molar-refractivity contribution in [2.75, 3.05) is 0 Å². The minimum absolute atomic E-state index is 0.107. The number of carbonyl (C=O) groups excluding carboxylic acids is 1. The molecule has 1 aromatic rings. The van der Waals surface area contributed by atoms with Crippen LogP contribution in [0, 0.1) is 0 Å². The highest BCUT2D eigenvalue weighted by Gasteiger charge is 2.38. The van der Waals surface area contributed by atoms with Gasteiger partial charge in [0.15, 0.2) is 0 Å². The first-order valence-electron chi connectivity index (χ1n) is 5.02. The summed E-state index contributed by atoms with van der Waals surface area (Å²) in [5, 5.41) is 11.6. The molecule has 5 nitrogen and oxygen atoms in total. The van der Waals surface area contributed by atoms with E-state index in [0.717, 1.165) is 12.8 Å². The maximum absolute atomic E-state index is 11.7. The molecule has 0 aromatic carbocycles. The molecule has 1 heterocycles. The van der Waals surface area contributed by atoms with Crippen LogP contribution in [0.5, 0.6) is 0 Å². The fourth-order valence-corrected chi connectivity index (χ4v) is 1.35. The zero-order valence-corrected chi connectivity index (χ0v) is 8.86. The number of carbonyl (C=O) groups is 2. The van der Waals surface area contributed by atoms with Gasteiger partial charge < -0.3 is 10.4 Å². The first-order valence-corrected chi connectivity index (χ1v) is 5.02. The Kier molecular flexibility index (Phi) is 2.38. The Morgan fingerprint density at radius 1 is 1.50 bits per heavy atom. The van der Waals surface area contributed by atoms with Gasteiger partial charge in [-0.05, 0) is 31.9 Å². The van der Waals surface area contributed by atoms with Gasteiger partial charge in [-0.15, -0.1) is 0 Å². The van der Waals surface area contributed by atoms with E-state index < -0.39 is 5.97 Å². The second kappa shape index (κ2) is 3.59. The van der Waals surface area contributed by atoms with Gasteiger partial charge in [0.25, 0.3) is 5.91 Å². The lowest BCUT2D eigenvalue weighted by molar-refractivity contribution is 0.0690. The predicted molar refractivity (Wildman–Crippen MR) is 56.3 cm³/mol. The molecule has 0 spiro atoms. The van der Waals surface area contributed by atoms with Gasteiger partial charge in [-0.3, -0.25) is 4.79 Å². The Morgan fingerprint density at radius 2 is 2.19 bits per heavy atom. The molecule has 1 aliphatic rings. The molecular weight excluding hydrogens is 208 g/mol. The summed E-state index contributed by atoms with van der Waals surface area (Å²) in [5.74, 6) is -1.38. The Bertz CT molecular complexity index is 452. The van der Waals surface area contributed by atoms with Crippen molar-refractivity contribution in [2.45, 2.75) is 25.3 Å². The monoisotopic (exact) mass is 220 g/mol. The molecule has 0 atom stereocenters. The molecule has 84 valence electrons.